The average Bonchev–Trinajstić information content (AvgIpc) is 3.30. The minimum Gasteiger partial charge on any atom is -0.497 e. The lowest BCUT2D eigenvalue weighted by molar-refractivity contribution is 0.0725. The van der Waals surface area contributed by atoms with Gasteiger partial charge in [0.1, 0.15) is 11.4 Å². The molecule has 5 rings (SSSR count). The molecule has 1 aliphatic rings. The van der Waals surface area contributed by atoms with Gasteiger partial charge in [0, 0.05) is 18.7 Å². The summed E-state index contributed by atoms with van der Waals surface area (Å²) in [5.41, 5.74) is 7.95. The normalized spacial score (nSPS) is 13.0. The number of aromatic nitrogens is 2. The average molecular weight is 438 g/mol. The van der Waals surface area contributed by atoms with Gasteiger partial charge >= 0.3 is 0 Å². The van der Waals surface area contributed by atoms with Crippen molar-refractivity contribution in [3.63, 3.8) is 0 Å². The molecule has 2 heterocycles. The Bertz CT molecular complexity index is 1320. The standard InChI is InChI=1S/C28H27N3O2/c1-19-8-9-20(2)26(16-19)31-27(17-25(29-31)22-10-12-24(33-3)13-11-22)28(32)30-15-14-21-6-4-5-7-23(21)18-30/h4-13,16-17H,14-15,18H2,1-3H3. The van der Waals surface area contributed by atoms with Gasteiger partial charge in [-0.1, -0.05) is 36.4 Å². The van der Waals surface area contributed by atoms with Crippen LogP contribution in [0.4, 0.5) is 0 Å². The predicted molar refractivity (Wildman–Crippen MR) is 130 cm³/mol. The second-order valence-electron chi connectivity index (χ2n) is 8.59. The number of methoxy groups -OCH3 is 1. The van der Waals surface area contributed by atoms with Gasteiger partial charge in [0.05, 0.1) is 18.5 Å². The molecule has 33 heavy (non-hydrogen) atoms. The fourth-order valence-corrected chi connectivity index (χ4v) is 4.40. The molecule has 4 aromatic rings. The molecular weight excluding hydrogens is 410 g/mol. The van der Waals surface area contributed by atoms with Gasteiger partial charge in [-0.2, -0.15) is 5.10 Å². The topological polar surface area (TPSA) is 47.4 Å². The Morgan fingerprint density at radius 2 is 1.70 bits per heavy atom. The maximum atomic E-state index is 13.8. The van der Waals surface area contributed by atoms with Crippen molar-refractivity contribution in [3.05, 3.63) is 101 Å². The van der Waals surface area contributed by atoms with Crippen molar-refractivity contribution in [2.75, 3.05) is 13.7 Å². The predicted octanol–water partition coefficient (Wildman–Crippen LogP) is 5.36. The SMILES string of the molecule is COc1ccc(-c2cc(C(=O)N3CCc4ccccc4C3)n(-c3cc(C)ccc3C)n2)cc1. The minimum atomic E-state index is -0.00216. The minimum absolute atomic E-state index is 0.00216. The van der Waals surface area contributed by atoms with Crippen LogP contribution in [0.1, 0.15) is 32.7 Å². The first-order valence-corrected chi connectivity index (χ1v) is 11.2. The van der Waals surface area contributed by atoms with E-state index in [4.69, 9.17) is 9.84 Å². The number of hydrogen-bond donors (Lipinski definition) is 0. The number of hydrogen-bond acceptors (Lipinski definition) is 3. The number of carbonyl (C=O) groups is 1. The highest BCUT2D eigenvalue weighted by atomic mass is 16.5. The lowest BCUT2D eigenvalue weighted by Crippen LogP contribution is -2.37. The molecule has 0 fully saturated rings. The molecule has 0 atom stereocenters. The number of amides is 1. The summed E-state index contributed by atoms with van der Waals surface area (Å²) >= 11 is 0. The van der Waals surface area contributed by atoms with Crippen LogP contribution in [0, 0.1) is 13.8 Å². The molecule has 0 saturated heterocycles. The maximum absolute atomic E-state index is 13.8. The highest BCUT2D eigenvalue weighted by Gasteiger charge is 2.26. The lowest BCUT2D eigenvalue weighted by atomic mass is 9.99. The van der Waals surface area contributed by atoms with E-state index in [2.05, 4.69) is 50.2 Å². The monoisotopic (exact) mass is 437 g/mol. The smallest absolute Gasteiger partial charge is 0.272 e. The van der Waals surface area contributed by atoms with Crippen molar-refractivity contribution < 1.29 is 9.53 Å². The number of fused-ring (bicyclic) bond motifs is 1. The summed E-state index contributed by atoms with van der Waals surface area (Å²) in [6.07, 6.45) is 0.866. The summed E-state index contributed by atoms with van der Waals surface area (Å²) in [5, 5.41) is 4.90. The summed E-state index contributed by atoms with van der Waals surface area (Å²) in [5.74, 6) is 0.786. The van der Waals surface area contributed by atoms with E-state index in [1.165, 1.54) is 11.1 Å². The summed E-state index contributed by atoms with van der Waals surface area (Å²) in [4.78, 5) is 15.7. The molecule has 0 aliphatic carbocycles. The molecule has 0 bridgehead atoms. The van der Waals surface area contributed by atoms with Gasteiger partial charge in [-0.15, -0.1) is 0 Å². The fraction of sp³-hybridized carbons (Fsp3) is 0.214. The van der Waals surface area contributed by atoms with Crippen molar-refractivity contribution >= 4 is 5.91 Å². The first-order valence-electron chi connectivity index (χ1n) is 11.2. The van der Waals surface area contributed by atoms with Crippen LogP contribution in [0.2, 0.25) is 0 Å². The number of carbonyl (C=O) groups excluding carboxylic acids is 1. The third-order valence-corrected chi connectivity index (χ3v) is 6.32. The van der Waals surface area contributed by atoms with Gasteiger partial charge in [0.25, 0.3) is 5.91 Å². The number of benzene rings is 3. The molecule has 166 valence electrons. The molecule has 0 N–H and O–H groups in total. The van der Waals surface area contributed by atoms with Gasteiger partial charge < -0.3 is 9.64 Å². The van der Waals surface area contributed by atoms with E-state index in [-0.39, 0.29) is 5.91 Å². The van der Waals surface area contributed by atoms with Gasteiger partial charge in [-0.25, -0.2) is 4.68 Å². The van der Waals surface area contributed by atoms with Gasteiger partial charge in [-0.05, 0) is 78.9 Å². The van der Waals surface area contributed by atoms with Crippen molar-refractivity contribution in [2.24, 2.45) is 0 Å². The fourth-order valence-electron chi connectivity index (χ4n) is 4.40. The lowest BCUT2D eigenvalue weighted by Gasteiger charge is -2.29. The van der Waals surface area contributed by atoms with E-state index in [0.29, 0.717) is 18.8 Å². The Morgan fingerprint density at radius 1 is 0.939 bits per heavy atom. The summed E-state index contributed by atoms with van der Waals surface area (Å²) in [7, 11) is 1.65. The third kappa shape index (κ3) is 4.02. The van der Waals surface area contributed by atoms with E-state index >= 15 is 0 Å². The Hall–Kier alpha value is -3.86. The van der Waals surface area contributed by atoms with Crippen LogP contribution >= 0.6 is 0 Å². The zero-order valence-corrected chi connectivity index (χ0v) is 19.2. The molecule has 3 aromatic carbocycles. The Balaban J connectivity index is 1.58. The molecular formula is C28H27N3O2. The summed E-state index contributed by atoms with van der Waals surface area (Å²) in [6.45, 7) is 5.42. The molecule has 1 aliphatic heterocycles. The van der Waals surface area contributed by atoms with Gasteiger partial charge in [-0.3, -0.25) is 4.79 Å². The van der Waals surface area contributed by atoms with Crippen LogP contribution in [0.3, 0.4) is 0 Å². The van der Waals surface area contributed by atoms with E-state index in [1.807, 2.05) is 46.0 Å². The van der Waals surface area contributed by atoms with Gasteiger partial charge in [0.15, 0.2) is 0 Å². The summed E-state index contributed by atoms with van der Waals surface area (Å²) in [6, 6.07) is 24.3. The molecule has 5 nitrogen and oxygen atoms in total. The van der Waals surface area contributed by atoms with E-state index in [9.17, 15) is 4.79 Å². The number of nitrogens with zero attached hydrogens (tertiary/aromatic N) is 3. The zero-order chi connectivity index (χ0) is 22.9. The molecule has 0 saturated carbocycles. The first-order chi connectivity index (χ1) is 16.0. The van der Waals surface area contributed by atoms with Crippen LogP contribution in [-0.2, 0) is 13.0 Å². The van der Waals surface area contributed by atoms with Crippen LogP contribution in [0.15, 0.2) is 72.8 Å². The maximum Gasteiger partial charge on any atom is 0.272 e. The largest absolute Gasteiger partial charge is 0.497 e. The molecule has 1 amide bonds. The second-order valence-corrected chi connectivity index (χ2v) is 8.59. The Labute approximate surface area is 194 Å². The molecule has 0 unspecified atom stereocenters. The second kappa shape index (κ2) is 8.58. The first kappa shape index (κ1) is 21.0. The van der Waals surface area contributed by atoms with E-state index in [0.717, 1.165) is 40.2 Å². The van der Waals surface area contributed by atoms with E-state index < -0.39 is 0 Å². The van der Waals surface area contributed by atoms with Crippen LogP contribution in [0.5, 0.6) is 5.75 Å². The molecule has 0 spiro atoms. The zero-order valence-electron chi connectivity index (χ0n) is 19.2. The van der Waals surface area contributed by atoms with Crippen molar-refractivity contribution in [2.45, 2.75) is 26.8 Å². The Morgan fingerprint density at radius 3 is 2.45 bits per heavy atom. The van der Waals surface area contributed by atoms with Crippen molar-refractivity contribution in [3.8, 4) is 22.7 Å². The van der Waals surface area contributed by atoms with Crippen molar-refractivity contribution in [1.29, 1.82) is 0 Å². The number of ether oxygens (including phenoxy) is 1. The molecule has 5 heteroatoms. The van der Waals surface area contributed by atoms with Crippen molar-refractivity contribution in [1.82, 2.24) is 14.7 Å². The van der Waals surface area contributed by atoms with Crippen LogP contribution in [0.25, 0.3) is 16.9 Å². The highest BCUT2D eigenvalue weighted by molar-refractivity contribution is 5.94. The van der Waals surface area contributed by atoms with Crippen LogP contribution < -0.4 is 4.74 Å². The number of rotatable bonds is 4. The quantitative estimate of drug-likeness (QED) is 0.432. The van der Waals surface area contributed by atoms with E-state index in [1.54, 1.807) is 7.11 Å². The third-order valence-electron chi connectivity index (χ3n) is 6.32. The highest BCUT2D eigenvalue weighted by Crippen LogP contribution is 2.28. The number of aryl methyl sites for hydroxylation is 2. The van der Waals surface area contributed by atoms with Gasteiger partial charge in [0.2, 0.25) is 0 Å². The molecule has 1 aromatic heterocycles. The Kier molecular flexibility index (Phi) is 5.47. The summed E-state index contributed by atoms with van der Waals surface area (Å²) < 4.78 is 7.10. The van der Waals surface area contributed by atoms with Crippen LogP contribution in [-0.4, -0.2) is 34.2 Å². The molecule has 0 radical (unpaired) electrons.